The number of likely N-dealkylation sites (N-methyl/N-ethyl adjacent to an activating group) is 1. The predicted molar refractivity (Wildman–Crippen MR) is 126 cm³/mol. The lowest BCUT2D eigenvalue weighted by atomic mass is 10.0. The minimum absolute atomic E-state index is 0.664. The van der Waals surface area contributed by atoms with Gasteiger partial charge in [-0.2, -0.15) is 0 Å². The van der Waals surface area contributed by atoms with E-state index >= 15 is 0 Å². The van der Waals surface area contributed by atoms with E-state index in [1.165, 1.54) is 0 Å². The van der Waals surface area contributed by atoms with E-state index < -0.39 is 0 Å². The fourth-order valence-electron chi connectivity index (χ4n) is 3.95. The zero-order chi connectivity index (χ0) is 21.7. The molecule has 8 nitrogen and oxygen atoms in total. The van der Waals surface area contributed by atoms with Crippen molar-refractivity contribution in [1.82, 2.24) is 20.5 Å². The van der Waals surface area contributed by atoms with Gasteiger partial charge in [0.05, 0.1) is 0 Å². The molecule has 0 aromatic carbocycles. The summed E-state index contributed by atoms with van der Waals surface area (Å²) in [4.78, 5) is 13.8. The molecule has 0 saturated carbocycles. The summed E-state index contributed by atoms with van der Waals surface area (Å²) < 4.78 is 11.2. The summed E-state index contributed by atoms with van der Waals surface area (Å²) in [7, 11) is 1.80. The average molecular weight is 433 g/mol. The number of nitrogens with one attached hydrogen (secondary N) is 2. The van der Waals surface area contributed by atoms with Gasteiger partial charge in [-0.05, 0) is 43.4 Å². The monoisotopic (exact) mass is 432 g/mol. The molecule has 2 fully saturated rings. The molecule has 2 saturated heterocycles. The number of hydrogen-bond acceptors (Lipinski definition) is 6. The number of hydrogen-bond donors (Lipinski definition) is 2. The number of aliphatic imine (C=N–C) groups is 1. The van der Waals surface area contributed by atoms with Crippen molar-refractivity contribution in [3.05, 3.63) is 23.9 Å². The van der Waals surface area contributed by atoms with Gasteiger partial charge in [-0.3, -0.25) is 4.99 Å². The molecule has 3 rings (SSSR count). The van der Waals surface area contributed by atoms with Crippen LogP contribution in [0.5, 0.6) is 0 Å². The Bertz CT molecular complexity index is 640. The van der Waals surface area contributed by atoms with Crippen LogP contribution in [0.3, 0.4) is 0 Å². The van der Waals surface area contributed by atoms with Crippen LogP contribution in [0.2, 0.25) is 0 Å². The standard InChI is InChI=1S/C23H40N6O2/c1-3-28-10-12-29(13-11-28)22-6-5-21(17-26-22)18-27-23(24-2)25-9-4-14-31-19-20-7-15-30-16-8-20/h5-6,17,20H,3-4,7-16,18-19H2,1-2H3,(H2,24,25,27). The quantitative estimate of drug-likeness (QED) is 0.331. The van der Waals surface area contributed by atoms with Gasteiger partial charge in [-0.25, -0.2) is 4.98 Å². The lowest BCUT2D eigenvalue weighted by Gasteiger charge is -2.34. The molecule has 3 heterocycles. The van der Waals surface area contributed by atoms with Crippen LogP contribution in [0.4, 0.5) is 5.82 Å². The van der Waals surface area contributed by atoms with Gasteiger partial charge in [0.15, 0.2) is 5.96 Å². The number of piperazine rings is 1. The van der Waals surface area contributed by atoms with Gasteiger partial charge >= 0.3 is 0 Å². The molecule has 8 heteroatoms. The van der Waals surface area contributed by atoms with Crippen LogP contribution in [0.1, 0.15) is 31.7 Å². The second-order valence-corrected chi connectivity index (χ2v) is 8.28. The largest absolute Gasteiger partial charge is 0.381 e. The highest BCUT2D eigenvalue weighted by atomic mass is 16.5. The van der Waals surface area contributed by atoms with Gasteiger partial charge in [0.2, 0.25) is 0 Å². The molecule has 0 spiro atoms. The van der Waals surface area contributed by atoms with Crippen molar-refractivity contribution < 1.29 is 9.47 Å². The van der Waals surface area contributed by atoms with E-state index in [1.54, 1.807) is 7.05 Å². The Hall–Kier alpha value is -1.90. The molecule has 2 N–H and O–H groups in total. The third-order valence-corrected chi connectivity index (χ3v) is 6.09. The molecule has 0 aliphatic carbocycles. The molecule has 0 radical (unpaired) electrons. The van der Waals surface area contributed by atoms with Crippen LogP contribution in [0.15, 0.2) is 23.3 Å². The smallest absolute Gasteiger partial charge is 0.191 e. The van der Waals surface area contributed by atoms with E-state index in [0.29, 0.717) is 12.5 Å². The number of aromatic nitrogens is 1. The third-order valence-electron chi connectivity index (χ3n) is 6.09. The summed E-state index contributed by atoms with van der Waals surface area (Å²) in [5, 5.41) is 6.72. The maximum Gasteiger partial charge on any atom is 0.191 e. The maximum absolute atomic E-state index is 5.82. The van der Waals surface area contributed by atoms with Crippen molar-refractivity contribution in [3.63, 3.8) is 0 Å². The van der Waals surface area contributed by atoms with Gasteiger partial charge in [0.25, 0.3) is 0 Å². The molecule has 0 bridgehead atoms. The molecule has 31 heavy (non-hydrogen) atoms. The molecule has 1 aromatic heterocycles. The van der Waals surface area contributed by atoms with Crippen LogP contribution >= 0.6 is 0 Å². The lowest BCUT2D eigenvalue weighted by Crippen LogP contribution is -2.46. The van der Waals surface area contributed by atoms with E-state index in [4.69, 9.17) is 9.47 Å². The molecule has 2 aliphatic heterocycles. The summed E-state index contributed by atoms with van der Waals surface area (Å²) in [5.41, 5.74) is 1.15. The highest BCUT2D eigenvalue weighted by Crippen LogP contribution is 2.15. The Morgan fingerprint density at radius 2 is 2.00 bits per heavy atom. The van der Waals surface area contributed by atoms with Gasteiger partial charge in [-0.15, -0.1) is 0 Å². The minimum atomic E-state index is 0.664. The van der Waals surface area contributed by atoms with Crippen molar-refractivity contribution in [2.45, 2.75) is 32.7 Å². The normalized spacial score (nSPS) is 18.9. The van der Waals surface area contributed by atoms with Crippen LogP contribution in [0.25, 0.3) is 0 Å². The summed E-state index contributed by atoms with van der Waals surface area (Å²) in [6.07, 6.45) is 5.18. The first kappa shape index (κ1) is 23.8. The fraction of sp³-hybridized carbons (Fsp3) is 0.739. The Balaban J connectivity index is 1.28. The van der Waals surface area contributed by atoms with Crippen LogP contribution in [-0.4, -0.2) is 88.6 Å². The third kappa shape index (κ3) is 8.27. The summed E-state index contributed by atoms with van der Waals surface area (Å²) >= 11 is 0. The Labute approximate surface area is 187 Å². The number of anilines is 1. The Morgan fingerprint density at radius 3 is 2.68 bits per heavy atom. The van der Waals surface area contributed by atoms with Gasteiger partial charge < -0.3 is 29.9 Å². The van der Waals surface area contributed by atoms with Crippen LogP contribution < -0.4 is 15.5 Å². The average Bonchev–Trinajstić information content (AvgIpc) is 2.84. The van der Waals surface area contributed by atoms with Crippen LogP contribution in [0, 0.1) is 5.92 Å². The first-order valence-electron chi connectivity index (χ1n) is 11.8. The number of rotatable bonds is 10. The fourth-order valence-corrected chi connectivity index (χ4v) is 3.95. The second kappa shape index (κ2) is 13.5. The maximum atomic E-state index is 5.82. The summed E-state index contributed by atoms with van der Waals surface area (Å²) in [6, 6.07) is 4.28. The number of nitrogens with zero attached hydrogens (tertiary/aromatic N) is 4. The van der Waals surface area contributed by atoms with Crippen LogP contribution in [-0.2, 0) is 16.0 Å². The van der Waals surface area contributed by atoms with Gasteiger partial charge in [-0.1, -0.05) is 13.0 Å². The van der Waals surface area contributed by atoms with Crippen molar-refractivity contribution in [2.75, 3.05) is 77.6 Å². The number of ether oxygens (including phenoxy) is 2. The van der Waals surface area contributed by atoms with Crippen molar-refractivity contribution in [3.8, 4) is 0 Å². The van der Waals surface area contributed by atoms with Crippen molar-refractivity contribution >= 4 is 11.8 Å². The molecule has 0 amide bonds. The van der Waals surface area contributed by atoms with Crippen molar-refractivity contribution in [2.24, 2.45) is 10.9 Å². The highest BCUT2D eigenvalue weighted by Gasteiger charge is 2.16. The van der Waals surface area contributed by atoms with E-state index in [0.717, 1.165) is 102 Å². The molecule has 0 unspecified atom stereocenters. The topological polar surface area (TPSA) is 74.2 Å². The van der Waals surface area contributed by atoms with E-state index in [-0.39, 0.29) is 0 Å². The highest BCUT2D eigenvalue weighted by molar-refractivity contribution is 5.79. The molecule has 2 aliphatic rings. The van der Waals surface area contributed by atoms with E-state index in [9.17, 15) is 0 Å². The SMILES string of the molecule is CCN1CCN(c2ccc(CNC(=NC)NCCCOCC3CCOCC3)cn2)CC1. The van der Waals surface area contributed by atoms with Gasteiger partial charge in [0, 0.05) is 78.9 Å². The summed E-state index contributed by atoms with van der Waals surface area (Å²) in [6.45, 7) is 12.6. The Kier molecular flexibility index (Phi) is 10.3. The molecule has 0 atom stereocenters. The zero-order valence-corrected chi connectivity index (χ0v) is 19.3. The molecular weight excluding hydrogens is 392 g/mol. The minimum Gasteiger partial charge on any atom is -0.381 e. The predicted octanol–water partition coefficient (Wildman–Crippen LogP) is 1.72. The molecular formula is C23H40N6O2. The van der Waals surface area contributed by atoms with Gasteiger partial charge in [0.1, 0.15) is 5.82 Å². The number of guanidine groups is 1. The second-order valence-electron chi connectivity index (χ2n) is 8.28. The Morgan fingerprint density at radius 1 is 1.19 bits per heavy atom. The molecule has 1 aromatic rings. The number of pyridine rings is 1. The first-order valence-corrected chi connectivity index (χ1v) is 11.8. The van der Waals surface area contributed by atoms with Crippen molar-refractivity contribution in [1.29, 1.82) is 0 Å². The van der Waals surface area contributed by atoms with E-state index in [1.807, 2.05) is 6.20 Å². The zero-order valence-electron chi connectivity index (χ0n) is 19.3. The molecule has 174 valence electrons. The van der Waals surface area contributed by atoms with E-state index in [2.05, 4.69) is 49.5 Å². The first-order chi connectivity index (χ1) is 15.3. The summed E-state index contributed by atoms with van der Waals surface area (Å²) in [5.74, 6) is 2.55. The lowest BCUT2D eigenvalue weighted by molar-refractivity contribution is 0.0203.